The van der Waals surface area contributed by atoms with Crippen LogP contribution in [-0.2, 0) is 9.59 Å². The molecule has 0 radical (unpaired) electrons. The number of allylic oxidation sites excluding steroid dienone is 2. The minimum atomic E-state index is -0.692. The number of anilines is 1. The molecule has 0 bridgehead atoms. The maximum atomic E-state index is 13.4. The van der Waals surface area contributed by atoms with Crippen molar-refractivity contribution < 1.29 is 9.59 Å². The summed E-state index contributed by atoms with van der Waals surface area (Å²) in [6, 6.07) is 8.91. The molecule has 5 nitrogen and oxygen atoms in total. The highest BCUT2D eigenvalue weighted by Crippen LogP contribution is 2.65. The third-order valence-electron chi connectivity index (χ3n) is 9.71. The molecule has 5 heteroatoms. The topological polar surface area (TPSA) is 73.2 Å². The summed E-state index contributed by atoms with van der Waals surface area (Å²) in [5.41, 5.74) is 4.00. The van der Waals surface area contributed by atoms with Crippen LogP contribution < -0.4 is 5.32 Å². The average Bonchev–Trinajstić information content (AvgIpc) is 3.19. The van der Waals surface area contributed by atoms with Crippen molar-refractivity contribution in [2.75, 3.05) is 12.4 Å². The van der Waals surface area contributed by atoms with E-state index in [9.17, 15) is 9.59 Å². The largest absolute Gasteiger partial charge is 0.325 e. The van der Waals surface area contributed by atoms with Crippen molar-refractivity contribution in [1.29, 1.82) is 5.26 Å². The normalized spacial score (nSPS) is 37.7. The predicted molar refractivity (Wildman–Crippen MR) is 128 cm³/mol. The van der Waals surface area contributed by atoms with Gasteiger partial charge in [-0.1, -0.05) is 25.8 Å². The van der Waals surface area contributed by atoms with E-state index < -0.39 is 5.92 Å². The van der Waals surface area contributed by atoms with Crippen LogP contribution in [0.4, 0.5) is 5.69 Å². The number of amides is 2. The fourth-order valence-electron chi connectivity index (χ4n) is 8.30. The summed E-state index contributed by atoms with van der Waals surface area (Å²) in [6.45, 7) is 7.04. The molecular weight excluding hydrogens is 410 g/mol. The van der Waals surface area contributed by atoms with Gasteiger partial charge in [0.25, 0.3) is 0 Å². The number of hydrogen-bond acceptors (Lipinski definition) is 3. The molecule has 2 saturated carbocycles. The lowest BCUT2D eigenvalue weighted by molar-refractivity contribution is -0.147. The van der Waals surface area contributed by atoms with E-state index in [0.717, 1.165) is 12.3 Å². The third-order valence-corrected chi connectivity index (χ3v) is 9.71. The summed E-state index contributed by atoms with van der Waals surface area (Å²) in [4.78, 5) is 28.5. The second-order valence-electron chi connectivity index (χ2n) is 11.5. The van der Waals surface area contributed by atoms with E-state index in [0.29, 0.717) is 34.9 Å². The molecule has 3 aliphatic carbocycles. The minimum absolute atomic E-state index is 0.104. The van der Waals surface area contributed by atoms with Crippen molar-refractivity contribution >= 4 is 17.5 Å². The quantitative estimate of drug-likeness (QED) is 0.612. The molecule has 1 aromatic rings. The zero-order chi connectivity index (χ0) is 23.5. The van der Waals surface area contributed by atoms with Crippen LogP contribution in [0.25, 0.3) is 0 Å². The van der Waals surface area contributed by atoms with Gasteiger partial charge in [-0.05, 0) is 92.9 Å². The summed E-state index contributed by atoms with van der Waals surface area (Å²) in [5, 5.41) is 12.0. The highest BCUT2D eigenvalue weighted by atomic mass is 16.2. The van der Waals surface area contributed by atoms with Crippen molar-refractivity contribution in [3.8, 4) is 6.07 Å². The monoisotopic (exact) mass is 445 g/mol. The van der Waals surface area contributed by atoms with Gasteiger partial charge in [0.15, 0.2) is 0 Å². The Labute approximate surface area is 197 Å². The van der Waals surface area contributed by atoms with E-state index in [1.165, 1.54) is 43.4 Å². The van der Waals surface area contributed by atoms with Crippen LogP contribution in [-0.4, -0.2) is 23.8 Å². The van der Waals surface area contributed by atoms with Crippen molar-refractivity contribution in [2.45, 2.75) is 65.7 Å². The van der Waals surface area contributed by atoms with E-state index in [4.69, 9.17) is 5.26 Å². The van der Waals surface area contributed by atoms with Crippen LogP contribution in [0.5, 0.6) is 0 Å². The van der Waals surface area contributed by atoms with Crippen LogP contribution in [0.15, 0.2) is 35.5 Å². The van der Waals surface area contributed by atoms with E-state index in [1.54, 1.807) is 29.2 Å². The Morgan fingerprint density at radius 1 is 1.15 bits per heavy atom. The number of nitriles is 1. The summed E-state index contributed by atoms with van der Waals surface area (Å²) in [5.74, 6) is 0.907. The fourth-order valence-corrected chi connectivity index (χ4v) is 8.30. The molecule has 2 amide bonds. The maximum absolute atomic E-state index is 13.4. The summed E-state index contributed by atoms with van der Waals surface area (Å²) in [7, 11) is 1.86. The summed E-state index contributed by atoms with van der Waals surface area (Å²) in [6.07, 6.45) is 8.14. The first-order valence-corrected chi connectivity index (χ1v) is 12.5. The van der Waals surface area contributed by atoms with Crippen LogP contribution in [0.2, 0.25) is 0 Å². The lowest BCUT2D eigenvalue weighted by Gasteiger charge is -2.59. The number of fused-ring (bicyclic) bond motifs is 5. The van der Waals surface area contributed by atoms with Gasteiger partial charge in [-0.25, -0.2) is 0 Å². The van der Waals surface area contributed by atoms with Gasteiger partial charge in [0.05, 0.1) is 11.6 Å². The second-order valence-corrected chi connectivity index (χ2v) is 11.5. The van der Waals surface area contributed by atoms with Crippen LogP contribution in [0.1, 0.15) is 71.3 Å². The van der Waals surface area contributed by atoms with E-state index in [2.05, 4.69) is 32.2 Å². The molecule has 3 fully saturated rings. The first-order chi connectivity index (χ1) is 15.7. The predicted octanol–water partition coefficient (Wildman–Crippen LogP) is 5.49. The number of carbonyl (C=O) groups excluding carboxylic acids is 2. The highest BCUT2D eigenvalue weighted by Gasteiger charge is 2.60. The van der Waals surface area contributed by atoms with Crippen molar-refractivity contribution in [1.82, 2.24) is 4.90 Å². The van der Waals surface area contributed by atoms with Crippen LogP contribution in [0.3, 0.4) is 0 Å². The number of rotatable bonds is 2. The molecule has 174 valence electrons. The lowest BCUT2D eigenvalue weighted by atomic mass is 9.48. The number of nitrogens with zero attached hydrogens (tertiary/aromatic N) is 2. The van der Waals surface area contributed by atoms with Crippen molar-refractivity contribution in [2.24, 2.45) is 34.5 Å². The molecule has 1 unspecified atom stereocenters. The Balaban J connectivity index is 1.45. The van der Waals surface area contributed by atoms with Gasteiger partial charge in [0.2, 0.25) is 11.8 Å². The minimum Gasteiger partial charge on any atom is -0.325 e. The van der Waals surface area contributed by atoms with Gasteiger partial charge in [0.1, 0.15) is 5.92 Å². The molecule has 1 aliphatic heterocycles. The molecular formula is C28H35N3O2. The number of carbonyl (C=O) groups is 2. The van der Waals surface area contributed by atoms with Gasteiger partial charge in [0, 0.05) is 23.8 Å². The van der Waals surface area contributed by atoms with Gasteiger partial charge in [-0.15, -0.1) is 0 Å². The third kappa shape index (κ3) is 3.33. The Morgan fingerprint density at radius 2 is 1.88 bits per heavy atom. The molecule has 1 saturated heterocycles. The van der Waals surface area contributed by atoms with Gasteiger partial charge < -0.3 is 10.2 Å². The smallest absolute Gasteiger partial charge is 0.239 e. The van der Waals surface area contributed by atoms with E-state index >= 15 is 0 Å². The molecule has 1 heterocycles. The first-order valence-electron chi connectivity index (χ1n) is 12.5. The standard InChI is InChI=1S/C28H35N3O2/c1-17-14-20-22-6-5-12-27(22,2)13-11-23(20)28(3)15-21(26(33)31(4)24(17)28)25(32)30-19-9-7-18(16-29)8-10-19/h7-10,20-23H,5-6,11-15H2,1-4H3,(H,30,32)/t20-,21?,22-,23+,27-,28+/m0/s1. The number of hydrogen-bond donors (Lipinski definition) is 1. The van der Waals surface area contributed by atoms with Crippen LogP contribution >= 0.6 is 0 Å². The SMILES string of the molecule is CC1=C2N(C)C(=O)C(C(=O)Nc3ccc(C#N)cc3)C[C@]2(C)[C@@H]2CC[C@]3(C)CCC[C@H]3[C@@H]2C1. The molecule has 0 aromatic heterocycles. The molecule has 6 atom stereocenters. The highest BCUT2D eigenvalue weighted by molar-refractivity contribution is 6.07. The molecule has 33 heavy (non-hydrogen) atoms. The van der Waals surface area contributed by atoms with Crippen LogP contribution in [0, 0.1) is 45.8 Å². The van der Waals surface area contributed by atoms with Gasteiger partial charge in [-0.2, -0.15) is 5.26 Å². The second kappa shape index (κ2) is 7.72. The number of benzene rings is 1. The summed E-state index contributed by atoms with van der Waals surface area (Å²) < 4.78 is 0. The molecule has 4 aliphatic rings. The Kier molecular flexibility index (Phi) is 5.19. The van der Waals surface area contributed by atoms with E-state index in [1.807, 2.05) is 7.05 Å². The van der Waals surface area contributed by atoms with Gasteiger partial charge in [-0.3, -0.25) is 9.59 Å². The number of likely N-dealkylation sites (tertiary alicyclic amines) is 1. The number of nitrogens with one attached hydrogen (secondary N) is 1. The maximum Gasteiger partial charge on any atom is 0.239 e. The van der Waals surface area contributed by atoms with Gasteiger partial charge >= 0.3 is 0 Å². The Bertz CT molecular complexity index is 1070. The Morgan fingerprint density at radius 3 is 2.58 bits per heavy atom. The molecule has 0 spiro atoms. The zero-order valence-corrected chi connectivity index (χ0v) is 20.3. The fraction of sp³-hybridized carbons (Fsp3) is 0.607. The average molecular weight is 446 g/mol. The lowest BCUT2D eigenvalue weighted by Crippen LogP contribution is -2.57. The van der Waals surface area contributed by atoms with Crippen molar-refractivity contribution in [3.63, 3.8) is 0 Å². The molecule has 1 N–H and O–H groups in total. The molecule has 5 rings (SSSR count). The summed E-state index contributed by atoms with van der Waals surface area (Å²) >= 11 is 0. The van der Waals surface area contributed by atoms with E-state index in [-0.39, 0.29) is 17.2 Å². The molecule has 1 aromatic carbocycles. The van der Waals surface area contributed by atoms with Crippen molar-refractivity contribution in [3.05, 3.63) is 41.1 Å². The number of piperidine rings is 1. The Hall–Kier alpha value is -2.61. The first kappa shape index (κ1) is 22.2. The zero-order valence-electron chi connectivity index (χ0n) is 20.3.